The Balaban J connectivity index is 1.58. The lowest BCUT2D eigenvalue weighted by molar-refractivity contribution is -0.116. The number of nitrogens with zero attached hydrogens (tertiary/aromatic N) is 4. The highest BCUT2D eigenvalue weighted by atomic mass is 19.1. The summed E-state index contributed by atoms with van der Waals surface area (Å²) in [6.07, 6.45) is 1.58. The zero-order valence-corrected chi connectivity index (χ0v) is 17.5. The number of carbonyl (C=O) groups excluding carboxylic acids is 1. The van der Waals surface area contributed by atoms with Gasteiger partial charge >= 0.3 is 0 Å². The van der Waals surface area contributed by atoms with Crippen LogP contribution in [0.2, 0.25) is 0 Å². The van der Waals surface area contributed by atoms with Crippen LogP contribution in [0, 0.1) is 26.6 Å². The van der Waals surface area contributed by atoms with E-state index in [1.54, 1.807) is 19.1 Å². The number of carbonyl (C=O) groups is 1. The molecule has 7 nitrogen and oxygen atoms in total. The Bertz CT molecular complexity index is 1320. The first-order chi connectivity index (χ1) is 14.8. The van der Waals surface area contributed by atoms with E-state index in [1.165, 1.54) is 27.6 Å². The fourth-order valence-electron chi connectivity index (χ4n) is 3.57. The number of para-hydroxylation sites is 1. The Morgan fingerprint density at radius 2 is 1.74 bits per heavy atom. The molecule has 0 saturated carbocycles. The van der Waals surface area contributed by atoms with Gasteiger partial charge in [0.15, 0.2) is 5.65 Å². The standard InChI is InChI=1S/C23H22FN5O2/c1-14-5-4-6-15(2)21(14)27-20(30)11-12-28-16(3)26-22-19(23(28)31)13-25-29(22)18-9-7-17(24)8-10-18/h4-10,13H,11-12H2,1-3H3,(H,27,30). The normalized spacial score (nSPS) is 11.1. The molecule has 0 radical (unpaired) electrons. The van der Waals surface area contributed by atoms with E-state index in [-0.39, 0.29) is 30.2 Å². The second-order valence-electron chi connectivity index (χ2n) is 7.45. The van der Waals surface area contributed by atoms with Gasteiger partial charge in [-0.2, -0.15) is 5.10 Å². The van der Waals surface area contributed by atoms with Crippen molar-refractivity contribution in [3.05, 3.63) is 81.8 Å². The number of fused-ring (bicyclic) bond motifs is 1. The average molecular weight is 419 g/mol. The van der Waals surface area contributed by atoms with E-state index in [0.717, 1.165) is 16.8 Å². The van der Waals surface area contributed by atoms with Crippen LogP contribution in [0.5, 0.6) is 0 Å². The lowest BCUT2D eigenvalue weighted by atomic mass is 10.1. The summed E-state index contributed by atoms with van der Waals surface area (Å²) < 4.78 is 16.2. The number of nitrogens with one attached hydrogen (secondary N) is 1. The lowest BCUT2D eigenvalue weighted by Gasteiger charge is -2.13. The van der Waals surface area contributed by atoms with Gasteiger partial charge in [-0.1, -0.05) is 18.2 Å². The molecule has 0 atom stereocenters. The molecule has 4 rings (SSSR count). The van der Waals surface area contributed by atoms with Crippen molar-refractivity contribution in [1.82, 2.24) is 19.3 Å². The zero-order valence-electron chi connectivity index (χ0n) is 17.5. The van der Waals surface area contributed by atoms with Gasteiger partial charge in [0.25, 0.3) is 5.56 Å². The fraction of sp³-hybridized carbons (Fsp3) is 0.217. The van der Waals surface area contributed by atoms with Gasteiger partial charge in [0.1, 0.15) is 17.0 Å². The minimum Gasteiger partial charge on any atom is -0.326 e. The molecule has 1 N–H and O–H groups in total. The lowest BCUT2D eigenvalue weighted by Crippen LogP contribution is -2.26. The quantitative estimate of drug-likeness (QED) is 0.535. The number of aryl methyl sites for hydroxylation is 3. The number of amides is 1. The van der Waals surface area contributed by atoms with E-state index in [9.17, 15) is 14.0 Å². The van der Waals surface area contributed by atoms with Gasteiger partial charge in [0.2, 0.25) is 5.91 Å². The van der Waals surface area contributed by atoms with Gasteiger partial charge in [0.05, 0.1) is 11.9 Å². The molecule has 0 saturated heterocycles. The van der Waals surface area contributed by atoms with Gasteiger partial charge in [-0.3, -0.25) is 14.2 Å². The molecule has 0 unspecified atom stereocenters. The highest BCUT2D eigenvalue weighted by Gasteiger charge is 2.15. The first-order valence-electron chi connectivity index (χ1n) is 9.92. The third-order valence-corrected chi connectivity index (χ3v) is 5.26. The summed E-state index contributed by atoms with van der Waals surface area (Å²) in [6.45, 7) is 5.79. The number of hydrogen-bond donors (Lipinski definition) is 1. The molecular formula is C23H22FN5O2. The molecule has 0 spiro atoms. The minimum atomic E-state index is -0.356. The smallest absolute Gasteiger partial charge is 0.264 e. The van der Waals surface area contributed by atoms with E-state index in [4.69, 9.17) is 0 Å². The molecule has 4 aromatic rings. The predicted molar refractivity (Wildman–Crippen MR) is 117 cm³/mol. The second-order valence-corrected chi connectivity index (χ2v) is 7.45. The molecular weight excluding hydrogens is 397 g/mol. The second kappa shape index (κ2) is 8.14. The van der Waals surface area contributed by atoms with E-state index < -0.39 is 0 Å². The van der Waals surface area contributed by atoms with E-state index in [2.05, 4.69) is 15.4 Å². The number of aromatic nitrogens is 4. The summed E-state index contributed by atoms with van der Waals surface area (Å²) >= 11 is 0. The first-order valence-corrected chi connectivity index (χ1v) is 9.92. The van der Waals surface area contributed by atoms with E-state index in [0.29, 0.717) is 22.5 Å². The monoisotopic (exact) mass is 419 g/mol. The van der Waals surface area contributed by atoms with Crippen LogP contribution in [-0.2, 0) is 11.3 Å². The van der Waals surface area contributed by atoms with Crippen LogP contribution in [-0.4, -0.2) is 25.2 Å². The Morgan fingerprint density at radius 1 is 1.06 bits per heavy atom. The molecule has 0 fully saturated rings. The van der Waals surface area contributed by atoms with Crippen LogP contribution in [0.25, 0.3) is 16.7 Å². The maximum absolute atomic E-state index is 13.2. The summed E-state index contributed by atoms with van der Waals surface area (Å²) in [5, 5.41) is 7.52. The summed E-state index contributed by atoms with van der Waals surface area (Å²) in [7, 11) is 0. The van der Waals surface area contributed by atoms with Crippen LogP contribution in [0.3, 0.4) is 0 Å². The van der Waals surface area contributed by atoms with Crippen LogP contribution in [0.4, 0.5) is 10.1 Å². The molecule has 0 bridgehead atoms. The zero-order chi connectivity index (χ0) is 22.1. The summed E-state index contributed by atoms with van der Waals surface area (Å²) in [5.41, 5.74) is 3.50. The van der Waals surface area contributed by atoms with Gasteiger partial charge in [-0.15, -0.1) is 0 Å². The Hall–Kier alpha value is -3.81. The predicted octanol–water partition coefficient (Wildman–Crippen LogP) is 3.68. The number of rotatable bonds is 5. The van der Waals surface area contributed by atoms with Crippen LogP contribution >= 0.6 is 0 Å². The highest BCUT2D eigenvalue weighted by molar-refractivity contribution is 5.92. The molecule has 0 aliphatic heterocycles. The van der Waals surface area contributed by atoms with E-state index >= 15 is 0 Å². The van der Waals surface area contributed by atoms with Crippen LogP contribution in [0.15, 0.2) is 53.5 Å². The summed E-state index contributed by atoms with van der Waals surface area (Å²) in [6, 6.07) is 11.6. The molecule has 2 aromatic heterocycles. The Kier molecular flexibility index (Phi) is 5.37. The minimum absolute atomic E-state index is 0.133. The van der Waals surface area contributed by atoms with Crippen molar-refractivity contribution in [2.45, 2.75) is 33.7 Å². The van der Waals surface area contributed by atoms with Crippen molar-refractivity contribution >= 4 is 22.6 Å². The summed E-state index contributed by atoms with van der Waals surface area (Å²) in [5.74, 6) is -0.0575. The number of anilines is 1. The summed E-state index contributed by atoms with van der Waals surface area (Å²) in [4.78, 5) is 30.0. The number of benzene rings is 2. The average Bonchev–Trinajstić information content (AvgIpc) is 3.15. The molecule has 0 aliphatic carbocycles. The maximum Gasteiger partial charge on any atom is 0.264 e. The third kappa shape index (κ3) is 3.96. The van der Waals surface area contributed by atoms with Crippen molar-refractivity contribution < 1.29 is 9.18 Å². The molecule has 0 aliphatic rings. The van der Waals surface area contributed by atoms with Gasteiger partial charge < -0.3 is 5.32 Å². The Morgan fingerprint density at radius 3 is 2.42 bits per heavy atom. The third-order valence-electron chi connectivity index (χ3n) is 5.26. The Labute approximate surface area is 178 Å². The van der Waals surface area contributed by atoms with E-state index in [1.807, 2.05) is 32.0 Å². The van der Waals surface area contributed by atoms with Crippen molar-refractivity contribution in [2.75, 3.05) is 5.32 Å². The van der Waals surface area contributed by atoms with Crippen molar-refractivity contribution in [2.24, 2.45) is 0 Å². The van der Waals surface area contributed by atoms with Crippen molar-refractivity contribution in [1.29, 1.82) is 0 Å². The topological polar surface area (TPSA) is 81.8 Å². The molecule has 31 heavy (non-hydrogen) atoms. The highest BCUT2D eigenvalue weighted by Crippen LogP contribution is 2.20. The van der Waals surface area contributed by atoms with Gasteiger partial charge in [-0.25, -0.2) is 14.1 Å². The largest absolute Gasteiger partial charge is 0.326 e. The van der Waals surface area contributed by atoms with Crippen molar-refractivity contribution in [3.8, 4) is 5.69 Å². The van der Waals surface area contributed by atoms with Crippen LogP contribution in [0.1, 0.15) is 23.4 Å². The number of halogens is 1. The van der Waals surface area contributed by atoms with Gasteiger partial charge in [0, 0.05) is 18.7 Å². The first kappa shape index (κ1) is 20.5. The van der Waals surface area contributed by atoms with Gasteiger partial charge in [-0.05, 0) is 56.2 Å². The molecule has 8 heteroatoms. The fourth-order valence-corrected chi connectivity index (χ4v) is 3.57. The molecule has 1 amide bonds. The number of hydrogen-bond acceptors (Lipinski definition) is 4. The molecule has 2 aromatic carbocycles. The maximum atomic E-state index is 13.2. The molecule has 2 heterocycles. The van der Waals surface area contributed by atoms with Crippen molar-refractivity contribution in [3.63, 3.8) is 0 Å². The molecule has 158 valence electrons. The SMILES string of the molecule is Cc1cccc(C)c1NC(=O)CCn1c(C)nc2c(cnn2-c2ccc(F)cc2)c1=O. The van der Waals surface area contributed by atoms with Crippen LogP contribution < -0.4 is 10.9 Å².